The number of fused-ring (bicyclic) bond motifs is 1. The number of rotatable bonds is 6. The minimum absolute atomic E-state index is 0.0977. The van der Waals surface area contributed by atoms with Crippen molar-refractivity contribution in [3.63, 3.8) is 0 Å². The maximum atomic E-state index is 13.6. The van der Waals surface area contributed by atoms with Gasteiger partial charge in [-0.05, 0) is 55.3 Å². The van der Waals surface area contributed by atoms with Crippen molar-refractivity contribution < 1.29 is 9.53 Å². The molecule has 172 valence electrons. The Hall–Kier alpha value is -4.13. The summed E-state index contributed by atoms with van der Waals surface area (Å²) in [5.74, 6) is 0.622. The molecule has 1 amide bonds. The Morgan fingerprint density at radius 1 is 1.18 bits per heavy atom. The van der Waals surface area contributed by atoms with Crippen LogP contribution in [0.4, 0.5) is 0 Å². The van der Waals surface area contributed by atoms with Gasteiger partial charge in [-0.25, -0.2) is 4.79 Å². The molecular weight excluding hydrogens is 428 g/mol. The van der Waals surface area contributed by atoms with Gasteiger partial charge in [0.25, 0.3) is 0 Å². The third-order valence-corrected chi connectivity index (χ3v) is 6.27. The molecule has 34 heavy (non-hydrogen) atoms. The van der Waals surface area contributed by atoms with E-state index in [9.17, 15) is 9.59 Å². The summed E-state index contributed by atoms with van der Waals surface area (Å²) < 4.78 is 9.40. The van der Waals surface area contributed by atoms with E-state index < -0.39 is 0 Å². The van der Waals surface area contributed by atoms with Crippen molar-refractivity contribution in [3.05, 3.63) is 101 Å². The molecule has 2 aromatic carbocycles. The lowest BCUT2D eigenvalue weighted by molar-refractivity contribution is -0.125. The molecule has 1 saturated heterocycles. The van der Waals surface area contributed by atoms with Crippen LogP contribution in [-0.2, 0) is 11.4 Å². The average Bonchev–Trinajstić information content (AvgIpc) is 3.45. The van der Waals surface area contributed by atoms with Gasteiger partial charge in [0.1, 0.15) is 12.4 Å². The van der Waals surface area contributed by atoms with Crippen LogP contribution in [0.15, 0.2) is 84.4 Å². The largest absolute Gasteiger partial charge is 0.489 e. The number of hydrogen-bond donors (Lipinski definition) is 0. The Labute approximate surface area is 197 Å². The van der Waals surface area contributed by atoms with Crippen LogP contribution in [0.1, 0.15) is 23.6 Å². The number of pyridine rings is 1. The molecule has 1 aliphatic rings. The number of ether oxygens (including phenoxy) is 1. The monoisotopic (exact) mass is 454 g/mol. The molecule has 0 spiro atoms. The Morgan fingerprint density at radius 2 is 2.00 bits per heavy atom. The number of aryl methyl sites for hydroxylation is 1. The zero-order valence-electron chi connectivity index (χ0n) is 19.1. The van der Waals surface area contributed by atoms with Gasteiger partial charge in [-0.1, -0.05) is 36.4 Å². The van der Waals surface area contributed by atoms with Gasteiger partial charge in [-0.2, -0.15) is 0 Å². The van der Waals surface area contributed by atoms with E-state index in [2.05, 4.69) is 30.6 Å². The smallest absolute Gasteiger partial charge is 0.334 e. The first-order chi connectivity index (χ1) is 16.5. The topological polar surface area (TPSA) is 69.4 Å². The fourth-order valence-electron chi connectivity index (χ4n) is 4.61. The second-order valence-electron chi connectivity index (χ2n) is 8.55. The molecule has 1 aliphatic heterocycles. The molecule has 2 aromatic heterocycles. The van der Waals surface area contributed by atoms with Crippen molar-refractivity contribution >= 4 is 16.9 Å². The second-order valence-corrected chi connectivity index (χ2v) is 8.55. The number of imidazole rings is 1. The highest BCUT2D eigenvalue weighted by Crippen LogP contribution is 2.27. The Bertz CT molecular complexity index is 1420. The molecule has 5 rings (SSSR count). The van der Waals surface area contributed by atoms with E-state index in [1.165, 1.54) is 11.6 Å². The molecule has 7 nitrogen and oxygen atoms in total. The number of hydrogen-bond acceptors (Lipinski definition) is 4. The standard InChI is InChI=1S/C27H26N4O3/c1-3-26(32)29-14-12-22(17-29)31-24-11-13-28-16-25(24)30(27(31)33)21-7-9-23(10-8-21)34-18-20-6-4-5-19(2)15-20/h3-11,13,15-16,22H,1,12,14,17-18H2,2H3/t22-/m1/s1. The van der Waals surface area contributed by atoms with E-state index in [0.29, 0.717) is 26.1 Å². The second kappa shape index (κ2) is 9.02. The summed E-state index contributed by atoms with van der Waals surface area (Å²) in [5.41, 5.74) is 4.43. The van der Waals surface area contributed by atoms with E-state index in [0.717, 1.165) is 28.0 Å². The predicted octanol–water partition coefficient (Wildman–Crippen LogP) is 4.03. The molecule has 0 unspecified atom stereocenters. The summed E-state index contributed by atoms with van der Waals surface area (Å²) in [6.07, 6.45) is 5.43. The van der Waals surface area contributed by atoms with Crippen LogP contribution in [0.2, 0.25) is 0 Å². The van der Waals surface area contributed by atoms with Crippen molar-refractivity contribution in [3.8, 4) is 11.4 Å². The molecule has 1 atom stereocenters. The average molecular weight is 455 g/mol. The predicted molar refractivity (Wildman–Crippen MR) is 131 cm³/mol. The molecule has 0 aliphatic carbocycles. The number of likely N-dealkylation sites (tertiary alicyclic amines) is 1. The minimum Gasteiger partial charge on any atom is -0.489 e. The van der Waals surface area contributed by atoms with Crippen LogP contribution >= 0.6 is 0 Å². The summed E-state index contributed by atoms with van der Waals surface area (Å²) in [5, 5.41) is 0. The van der Waals surface area contributed by atoms with Crippen LogP contribution in [-0.4, -0.2) is 38.0 Å². The van der Waals surface area contributed by atoms with Crippen LogP contribution in [0.5, 0.6) is 5.75 Å². The van der Waals surface area contributed by atoms with E-state index in [1.807, 2.05) is 42.5 Å². The van der Waals surface area contributed by atoms with Crippen LogP contribution in [0.25, 0.3) is 16.7 Å². The van der Waals surface area contributed by atoms with Gasteiger partial charge in [0.2, 0.25) is 5.91 Å². The van der Waals surface area contributed by atoms with Crippen LogP contribution in [0.3, 0.4) is 0 Å². The van der Waals surface area contributed by atoms with Gasteiger partial charge in [-0.15, -0.1) is 0 Å². The van der Waals surface area contributed by atoms with Gasteiger partial charge < -0.3 is 9.64 Å². The van der Waals surface area contributed by atoms with Gasteiger partial charge in [0.05, 0.1) is 29.0 Å². The first-order valence-corrected chi connectivity index (χ1v) is 11.3. The number of benzene rings is 2. The highest BCUT2D eigenvalue weighted by molar-refractivity contribution is 5.87. The van der Waals surface area contributed by atoms with Crippen molar-refractivity contribution in [2.75, 3.05) is 13.1 Å². The SMILES string of the molecule is C=CC(=O)N1CC[C@@H](n2c(=O)n(-c3ccc(OCc4cccc(C)c4)cc3)c3cnccc32)C1. The Balaban J connectivity index is 1.44. The summed E-state index contributed by atoms with van der Waals surface area (Å²) in [6.45, 7) is 7.20. The minimum atomic E-state index is -0.144. The van der Waals surface area contributed by atoms with E-state index in [1.54, 1.807) is 26.4 Å². The van der Waals surface area contributed by atoms with Gasteiger partial charge >= 0.3 is 5.69 Å². The van der Waals surface area contributed by atoms with Gasteiger partial charge in [0.15, 0.2) is 0 Å². The van der Waals surface area contributed by atoms with Crippen LogP contribution in [0, 0.1) is 6.92 Å². The number of aromatic nitrogens is 3. The molecule has 0 N–H and O–H groups in total. The van der Waals surface area contributed by atoms with Crippen molar-refractivity contribution in [2.45, 2.75) is 26.0 Å². The van der Waals surface area contributed by atoms with Crippen LogP contribution < -0.4 is 10.4 Å². The first-order valence-electron chi connectivity index (χ1n) is 11.3. The molecule has 4 aromatic rings. The Morgan fingerprint density at radius 3 is 2.76 bits per heavy atom. The van der Waals surface area contributed by atoms with E-state index in [-0.39, 0.29) is 17.6 Å². The van der Waals surface area contributed by atoms with Gasteiger partial charge in [-0.3, -0.25) is 18.9 Å². The fourth-order valence-corrected chi connectivity index (χ4v) is 4.61. The molecule has 1 fully saturated rings. The lowest BCUT2D eigenvalue weighted by atomic mass is 10.1. The number of amides is 1. The molecule has 3 heterocycles. The lowest BCUT2D eigenvalue weighted by Crippen LogP contribution is -2.31. The molecule has 0 saturated carbocycles. The maximum Gasteiger partial charge on any atom is 0.334 e. The third-order valence-electron chi connectivity index (χ3n) is 6.27. The molecule has 7 heteroatoms. The van der Waals surface area contributed by atoms with Gasteiger partial charge in [0, 0.05) is 19.3 Å². The van der Waals surface area contributed by atoms with Crippen molar-refractivity contribution in [2.24, 2.45) is 0 Å². The highest BCUT2D eigenvalue weighted by atomic mass is 16.5. The summed E-state index contributed by atoms with van der Waals surface area (Å²) >= 11 is 0. The first kappa shape index (κ1) is 21.7. The number of nitrogens with zero attached hydrogens (tertiary/aromatic N) is 4. The number of carbonyl (C=O) groups is 1. The van der Waals surface area contributed by atoms with E-state index in [4.69, 9.17) is 4.74 Å². The maximum absolute atomic E-state index is 13.6. The van der Waals surface area contributed by atoms with Crippen molar-refractivity contribution in [1.82, 2.24) is 19.0 Å². The summed E-state index contributed by atoms with van der Waals surface area (Å²) in [6, 6.07) is 17.5. The summed E-state index contributed by atoms with van der Waals surface area (Å²) in [7, 11) is 0. The summed E-state index contributed by atoms with van der Waals surface area (Å²) in [4.78, 5) is 31.6. The lowest BCUT2D eigenvalue weighted by Gasteiger charge is -2.15. The molecule has 0 radical (unpaired) electrons. The molecule has 0 bridgehead atoms. The highest BCUT2D eigenvalue weighted by Gasteiger charge is 2.29. The number of carbonyl (C=O) groups excluding carboxylic acids is 1. The molecular formula is C27H26N4O3. The normalized spacial score (nSPS) is 15.6. The quantitative estimate of drug-likeness (QED) is 0.413. The zero-order valence-corrected chi connectivity index (χ0v) is 19.1. The van der Waals surface area contributed by atoms with E-state index >= 15 is 0 Å². The third kappa shape index (κ3) is 4.01. The van der Waals surface area contributed by atoms with Crippen molar-refractivity contribution in [1.29, 1.82) is 0 Å². The zero-order chi connectivity index (χ0) is 23.7. The fraction of sp³-hybridized carbons (Fsp3) is 0.222. The Kier molecular flexibility index (Phi) is 5.76.